The lowest BCUT2D eigenvalue weighted by molar-refractivity contribution is -0.379. The summed E-state index contributed by atoms with van der Waals surface area (Å²) in [6.45, 7) is 1.68. The minimum Gasteiger partial charge on any atom is -0.394 e. The second kappa shape index (κ2) is 66.1. The van der Waals surface area contributed by atoms with E-state index in [1.165, 1.54) is 250 Å². The number of allylic oxidation sites excluding steroid dienone is 9. The van der Waals surface area contributed by atoms with Crippen LogP contribution in [-0.4, -0.2) is 193 Å². The quantitative estimate of drug-likeness (QED) is 0.0199. The van der Waals surface area contributed by atoms with Crippen LogP contribution in [0.5, 0.6) is 0 Å². The molecule has 3 aliphatic rings. The van der Waals surface area contributed by atoms with Gasteiger partial charge in [0.2, 0.25) is 5.91 Å². The molecule has 1 amide bonds. The molecule has 3 rings (SSSR count). The number of rotatable bonds is 69. The predicted octanol–water partition coefficient (Wildman–Crippen LogP) is 15.4. The average Bonchev–Trinajstić information content (AvgIpc) is 0.779. The van der Waals surface area contributed by atoms with Crippen LogP contribution >= 0.6 is 0 Å². The first-order chi connectivity index (χ1) is 51.3. The van der Waals surface area contributed by atoms with Crippen LogP contribution in [0.15, 0.2) is 60.8 Å². The van der Waals surface area contributed by atoms with Crippen LogP contribution < -0.4 is 5.32 Å². The molecule has 17 unspecified atom stereocenters. The zero-order valence-electron chi connectivity index (χ0n) is 66.0. The van der Waals surface area contributed by atoms with Crippen molar-refractivity contribution in [2.24, 2.45) is 0 Å². The van der Waals surface area contributed by atoms with Crippen LogP contribution in [-0.2, 0) is 33.2 Å². The summed E-state index contributed by atoms with van der Waals surface area (Å²) in [4.78, 5) is 13.5. The summed E-state index contributed by atoms with van der Waals surface area (Å²) in [6.07, 6.45) is 59.4. The van der Waals surface area contributed by atoms with Gasteiger partial charge >= 0.3 is 0 Å². The van der Waals surface area contributed by atoms with Gasteiger partial charge in [0.1, 0.15) is 73.2 Å². The van der Waals surface area contributed by atoms with E-state index >= 15 is 0 Å². The number of aliphatic hydroxyl groups is 11. The lowest BCUT2D eigenvalue weighted by Crippen LogP contribution is -2.66. The first kappa shape index (κ1) is 96.7. The van der Waals surface area contributed by atoms with Crippen molar-refractivity contribution in [1.29, 1.82) is 0 Å². The summed E-state index contributed by atoms with van der Waals surface area (Å²) in [5.74, 6) is -0.269. The van der Waals surface area contributed by atoms with E-state index in [1.54, 1.807) is 6.08 Å². The minimum absolute atomic E-state index is 0.246. The molecule has 614 valence electrons. The number of ether oxygens (including phenoxy) is 6. The Morgan fingerprint density at radius 1 is 0.352 bits per heavy atom. The van der Waals surface area contributed by atoms with Crippen LogP contribution in [0.3, 0.4) is 0 Å². The maximum absolute atomic E-state index is 13.5. The number of aliphatic hydroxyl groups excluding tert-OH is 11. The van der Waals surface area contributed by atoms with Crippen LogP contribution in [0.25, 0.3) is 0 Å². The van der Waals surface area contributed by atoms with Gasteiger partial charge in [-0.2, -0.15) is 0 Å². The van der Waals surface area contributed by atoms with E-state index < -0.39 is 124 Å². The average molecular weight is 1490 g/mol. The Labute approximate surface area is 636 Å². The van der Waals surface area contributed by atoms with Crippen molar-refractivity contribution >= 4 is 5.91 Å². The fraction of sp³-hybridized carbons (Fsp3) is 0.872. The summed E-state index contributed by atoms with van der Waals surface area (Å²) in [6, 6.07) is -0.974. The molecule has 0 spiro atoms. The van der Waals surface area contributed by atoms with Gasteiger partial charge in [-0.3, -0.25) is 4.79 Å². The zero-order chi connectivity index (χ0) is 76.0. The molecule has 105 heavy (non-hydrogen) atoms. The highest BCUT2D eigenvalue weighted by Crippen LogP contribution is 2.33. The highest BCUT2D eigenvalue weighted by atomic mass is 16.8. The van der Waals surface area contributed by atoms with Gasteiger partial charge in [-0.15, -0.1) is 0 Å². The van der Waals surface area contributed by atoms with Crippen LogP contribution in [0, 0.1) is 0 Å². The predicted molar refractivity (Wildman–Crippen MR) is 420 cm³/mol. The van der Waals surface area contributed by atoms with E-state index in [0.29, 0.717) is 6.42 Å². The van der Waals surface area contributed by atoms with E-state index in [9.17, 15) is 61.0 Å². The third-order valence-corrected chi connectivity index (χ3v) is 21.3. The normalized spacial score (nSPS) is 26.0. The van der Waals surface area contributed by atoms with E-state index in [0.717, 1.165) is 70.6 Å². The first-order valence-electron chi connectivity index (χ1n) is 43.0. The zero-order valence-corrected chi connectivity index (χ0v) is 66.0. The van der Waals surface area contributed by atoms with Crippen molar-refractivity contribution in [2.75, 3.05) is 26.4 Å². The van der Waals surface area contributed by atoms with Crippen molar-refractivity contribution in [3.05, 3.63) is 60.8 Å². The summed E-state index contributed by atoms with van der Waals surface area (Å²) in [7, 11) is 0. The molecule has 0 aromatic carbocycles. The number of hydrogen-bond acceptors (Lipinski definition) is 18. The molecule has 0 aromatic rings. The van der Waals surface area contributed by atoms with E-state index in [1.807, 2.05) is 6.08 Å². The van der Waals surface area contributed by atoms with Gasteiger partial charge in [0.15, 0.2) is 18.9 Å². The van der Waals surface area contributed by atoms with Crippen LogP contribution in [0.2, 0.25) is 0 Å². The summed E-state index contributed by atoms with van der Waals surface area (Å²) in [5, 5.41) is 121. The van der Waals surface area contributed by atoms with Gasteiger partial charge < -0.3 is 89.9 Å². The van der Waals surface area contributed by atoms with Crippen LogP contribution in [0.1, 0.15) is 348 Å². The van der Waals surface area contributed by atoms with Gasteiger partial charge in [0.05, 0.1) is 38.6 Å². The minimum atomic E-state index is -1.98. The summed E-state index contributed by atoms with van der Waals surface area (Å²) >= 11 is 0. The molecule has 19 nitrogen and oxygen atoms in total. The van der Waals surface area contributed by atoms with Gasteiger partial charge in [-0.25, -0.2) is 0 Å². The standard InChI is InChI=1S/C86H157NO18/c1-3-5-7-9-11-13-15-17-19-21-23-25-27-28-29-30-31-32-33-34-35-36-37-38-39-40-42-44-46-48-50-52-54-56-58-60-62-64-74(92)87-69(70(91)63-61-59-57-55-53-51-49-47-45-43-41-26-24-22-20-18-16-14-12-10-8-6-4-2)68-100-84-80(98)77(95)82(72(66-89)102-84)105-86-81(99)78(96)83(73(67-90)103-86)104-85-79(97)76(94)75(93)71(65-88)101-85/h5,7,11,13,17,19,23,25,61,63,69-73,75-86,88-91,93-99H,3-4,6,8-10,12,14-16,18,20-22,24,26-60,62,64-68H2,1-2H3,(H,87,92)/b7-5-,13-11-,19-17-,25-23-,63-61+. The molecule has 0 aromatic heterocycles. The summed E-state index contributed by atoms with van der Waals surface area (Å²) in [5.41, 5.74) is 0. The Balaban J connectivity index is 1.32. The number of amides is 1. The maximum atomic E-state index is 13.5. The van der Waals surface area contributed by atoms with Crippen molar-refractivity contribution in [1.82, 2.24) is 5.32 Å². The van der Waals surface area contributed by atoms with Crippen molar-refractivity contribution in [3.8, 4) is 0 Å². The largest absolute Gasteiger partial charge is 0.394 e. The molecule has 3 aliphatic heterocycles. The Hall–Kier alpha value is -2.51. The topological polar surface area (TPSA) is 307 Å². The molecule has 0 aliphatic carbocycles. The summed E-state index contributed by atoms with van der Waals surface area (Å²) < 4.78 is 34.5. The highest BCUT2D eigenvalue weighted by Gasteiger charge is 2.54. The SMILES string of the molecule is CC/C=C\C/C=C\C/C=C\C/C=C\CCCCCCCCCCCCCCCCCCCCCCCCCCC(=O)NC(COC1OC(CO)C(OC2OC(CO)C(OC3OC(CO)C(O)C(O)C3O)C(O)C2O)C(O)C1O)C(O)/C=C/CCCCCCCCCCCCCCCCCCCCCCC. The van der Waals surface area contributed by atoms with Gasteiger partial charge in [-0.1, -0.05) is 344 Å². The van der Waals surface area contributed by atoms with Gasteiger partial charge in [0.25, 0.3) is 0 Å². The number of unbranched alkanes of at least 4 members (excludes halogenated alkanes) is 45. The third kappa shape index (κ3) is 45.6. The Kier molecular flexibility index (Phi) is 60.9. The molecule has 12 N–H and O–H groups in total. The van der Waals surface area contributed by atoms with Crippen LogP contribution in [0.4, 0.5) is 0 Å². The fourth-order valence-corrected chi connectivity index (χ4v) is 14.5. The molecule has 19 heteroatoms. The van der Waals surface area contributed by atoms with Crippen molar-refractivity contribution < 1.29 is 89.4 Å². The van der Waals surface area contributed by atoms with Crippen molar-refractivity contribution in [3.63, 3.8) is 0 Å². The number of hydrogen-bond donors (Lipinski definition) is 12. The Bertz CT molecular complexity index is 2130. The van der Waals surface area contributed by atoms with Crippen molar-refractivity contribution in [2.45, 2.75) is 452 Å². The maximum Gasteiger partial charge on any atom is 0.220 e. The van der Waals surface area contributed by atoms with E-state index in [4.69, 9.17) is 28.4 Å². The molecule has 3 heterocycles. The molecular formula is C86H157NO18. The number of carbonyl (C=O) groups excluding carboxylic acids is 1. The van der Waals surface area contributed by atoms with E-state index in [-0.39, 0.29) is 18.9 Å². The molecule has 3 saturated heterocycles. The molecule has 3 fully saturated rings. The number of nitrogens with one attached hydrogen (secondary N) is 1. The lowest BCUT2D eigenvalue weighted by Gasteiger charge is -2.48. The molecule has 17 atom stereocenters. The monoisotopic (exact) mass is 1490 g/mol. The Morgan fingerprint density at radius 2 is 0.657 bits per heavy atom. The molecule has 0 bridgehead atoms. The van der Waals surface area contributed by atoms with Gasteiger partial charge in [0, 0.05) is 6.42 Å². The second-order valence-electron chi connectivity index (χ2n) is 30.6. The first-order valence-corrected chi connectivity index (χ1v) is 43.0. The smallest absolute Gasteiger partial charge is 0.220 e. The molecule has 0 radical (unpaired) electrons. The fourth-order valence-electron chi connectivity index (χ4n) is 14.5. The lowest BCUT2D eigenvalue weighted by atomic mass is 9.96. The Morgan fingerprint density at radius 3 is 1.03 bits per heavy atom. The molecule has 0 saturated carbocycles. The second-order valence-corrected chi connectivity index (χ2v) is 30.6. The van der Waals surface area contributed by atoms with Gasteiger partial charge in [-0.05, 0) is 57.8 Å². The highest BCUT2D eigenvalue weighted by molar-refractivity contribution is 5.76. The number of carbonyl (C=O) groups is 1. The molecular weight excluding hydrogens is 1330 g/mol. The van der Waals surface area contributed by atoms with E-state index in [2.05, 4.69) is 67.8 Å². The third-order valence-electron chi connectivity index (χ3n) is 21.3.